The molecule has 3 atom stereocenters. The molecule has 0 amide bonds. The van der Waals surface area contributed by atoms with Crippen molar-refractivity contribution in [1.82, 2.24) is 4.90 Å². The van der Waals surface area contributed by atoms with Crippen molar-refractivity contribution >= 4 is 41.7 Å². The van der Waals surface area contributed by atoms with Gasteiger partial charge in [-0.3, -0.25) is 0 Å². The maximum atomic E-state index is 6.26. The number of hydrogen-bond donors (Lipinski definition) is 1. The molecule has 2 rings (SSSR count). The van der Waals surface area contributed by atoms with Crippen LogP contribution in [-0.2, 0) is 4.74 Å². The largest absolute Gasteiger partial charge is 0.380 e. The smallest absolute Gasteiger partial charge is 0.191 e. The van der Waals surface area contributed by atoms with Gasteiger partial charge in [0.15, 0.2) is 5.96 Å². The molecule has 124 valence electrons. The van der Waals surface area contributed by atoms with Gasteiger partial charge in [0, 0.05) is 43.0 Å². The van der Waals surface area contributed by atoms with E-state index in [2.05, 4.69) is 25.7 Å². The van der Waals surface area contributed by atoms with E-state index in [1.807, 2.05) is 18.9 Å². The Morgan fingerprint density at radius 1 is 1.33 bits per heavy atom. The lowest BCUT2D eigenvalue weighted by atomic mass is 9.53. The van der Waals surface area contributed by atoms with Crippen molar-refractivity contribution in [1.29, 1.82) is 0 Å². The average molecular weight is 427 g/mol. The van der Waals surface area contributed by atoms with E-state index in [-0.39, 0.29) is 29.4 Å². The third kappa shape index (κ3) is 3.47. The number of halogens is 1. The maximum Gasteiger partial charge on any atom is 0.191 e. The molecule has 1 saturated heterocycles. The van der Waals surface area contributed by atoms with Crippen molar-refractivity contribution < 1.29 is 4.74 Å². The van der Waals surface area contributed by atoms with Crippen LogP contribution in [0.5, 0.6) is 0 Å². The van der Waals surface area contributed by atoms with Gasteiger partial charge in [-0.25, -0.2) is 4.99 Å². The molecule has 0 aromatic rings. The van der Waals surface area contributed by atoms with Crippen molar-refractivity contribution in [3.63, 3.8) is 0 Å². The average Bonchev–Trinajstić information content (AvgIpc) is 2.50. The van der Waals surface area contributed by atoms with Gasteiger partial charge in [-0.2, -0.15) is 11.8 Å². The van der Waals surface area contributed by atoms with Crippen LogP contribution in [0.1, 0.15) is 33.6 Å². The Bertz CT molecular complexity index is 357. The molecule has 6 heteroatoms. The molecule has 1 aliphatic heterocycles. The van der Waals surface area contributed by atoms with E-state index in [9.17, 15) is 0 Å². The predicted molar refractivity (Wildman–Crippen MR) is 103 cm³/mol. The molecule has 3 unspecified atom stereocenters. The maximum absolute atomic E-state index is 6.26. The van der Waals surface area contributed by atoms with Crippen LogP contribution in [0.4, 0.5) is 0 Å². The van der Waals surface area contributed by atoms with Gasteiger partial charge in [0.1, 0.15) is 0 Å². The molecule has 0 radical (unpaired) electrons. The van der Waals surface area contributed by atoms with Crippen LogP contribution < -0.4 is 5.73 Å². The summed E-state index contributed by atoms with van der Waals surface area (Å²) in [6, 6.07) is 0.303. The number of ether oxygens (including phenoxy) is 1. The van der Waals surface area contributed by atoms with Gasteiger partial charge < -0.3 is 15.4 Å². The predicted octanol–water partition coefficient (Wildman–Crippen LogP) is 2.81. The Balaban J connectivity index is 0.00000220. The minimum atomic E-state index is 0. The van der Waals surface area contributed by atoms with Gasteiger partial charge in [-0.15, -0.1) is 24.0 Å². The molecule has 1 aliphatic carbocycles. The number of aliphatic imine (C=N–C) groups is 1. The van der Waals surface area contributed by atoms with Gasteiger partial charge >= 0.3 is 0 Å². The van der Waals surface area contributed by atoms with E-state index < -0.39 is 0 Å². The van der Waals surface area contributed by atoms with E-state index in [0.717, 1.165) is 43.4 Å². The zero-order chi connectivity index (χ0) is 14.8. The van der Waals surface area contributed by atoms with E-state index in [0.29, 0.717) is 18.1 Å². The zero-order valence-corrected chi connectivity index (χ0v) is 16.8. The molecule has 2 aliphatic rings. The minimum Gasteiger partial charge on any atom is -0.380 e. The van der Waals surface area contributed by atoms with Gasteiger partial charge in [-0.05, 0) is 12.8 Å². The normalized spacial score (nSPS) is 32.3. The number of nitrogens with two attached hydrogens (primary N) is 1. The fourth-order valence-corrected chi connectivity index (χ4v) is 4.95. The Morgan fingerprint density at radius 3 is 2.38 bits per heavy atom. The summed E-state index contributed by atoms with van der Waals surface area (Å²) in [4.78, 5) is 7.15. The lowest BCUT2D eigenvalue weighted by molar-refractivity contribution is -0.156. The summed E-state index contributed by atoms with van der Waals surface area (Å²) >= 11 is 2.00. The Labute approximate surface area is 150 Å². The Hall–Kier alpha value is 0.310. The first kappa shape index (κ1) is 19.4. The van der Waals surface area contributed by atoms with Gasteiger partial charge in [0.05, 0.1) is 12.1 Å². The molecular weight excluding hydrogens is 397 g/mol. The van der Waals surface area contributed by atoms with Crippen LogP contribution in [0.15, 0.2) is 4.99 Å². The number of nitrogens with zero attached hydrogens (tertiary/aromatic N) is 2. The number of hydrogen-bond acceptors (Lipinski definition) is 3. The van der Waals surface area contributed by atoms with E-state index in [4.69, 9.17) is 15.5 Å². The molecule has 1 saturated carbocycles. The fourth-order valence-electron chi connectivity index (χ4n) is 4.05. The topological polar surface area (TPSA) is 50.8 Å². The molecule has 4 nitrogen and oxygen atoms in total. The SMILES string of the molecule is CCC1(CC)C(N=C(N)N2CCSCC2)C(C)C1OC.I. The highest BCUT2D eigenvalue weighted by molar-refractivity contribution is 14.0. The van der Waals surface area contributed by atoms with E-state index in [1.165, 1.54) is 0 Å². The van der Waals surface area contributed by atoms with Crippen LogP contribution in [-0.4, -0.2) is 54.7 Å². The second kappa shape index (κ2) is 8.24. The summed E-state index contributed by atoms with van der Waals surface area (Å²) in [5.74, 6) is 3.51. The molecule has 0 aromatic heterocycles. The summed E-state index contributed by atoms with van der Waals surface area (Å²) in [5, 5.41) is 0. The highest BCUT2D eigenvalue weighted by Crippen LogP contribution is 2.54. The first-order chi connectivity index (χ1) is 9.60. The molecule has 0 aromatic carbocycles. The minimum absolute atomic E-state index is 0. The molecule has 2 fully saturated rings. The van der Waals surface area contributed by atoms with Crippen LogP contribution in [0.3, 0.4) is 0 Å². The second-order valence-electron chi connectivity index (χ2n) is 5.99. The number of rotatable bonds is 4. The van der Waals surface area contributed by atoms with Crippen molar-refractivity contribution in [2.75, 3.05) is 31.7 Å². The summed E-state index contributed by atoms with van der Waals surface area (Å²) in [6.07, 6.45) is 2.52. The molecular formula is C15H30IN3OS. The molecule has 21 heavy (non-hydrogen) atoms. The van der Waals surface area contributed by atoms with Crippen molar-refractivity contribution in [2.24, 2.45) is 22.1 Å². The van der Waals surface area contributed by atoms with Crippen LogP contribution in [0, 0.1) is 11.3 Å². The third-order valence-electron chi connectivity index (χ3n) is 5.31. The highest BCUT2D eigenvalue weighted by Gasteiger charge is 2.58. The summed E-state index contributed by atoms with van der Waals surface area (Å²) in [6.45, 7) is 8.79. The third-order valence-corrected chi connectivity index (χ3v) is 6.25. The van der Waals surface area contributed by atoms with Gasteiger partial charge in [-0.1, -0.05) is 20.8 Å². The molecule has 0 spiro atoms. The summed E-state index contributed by atoms with van der Waals surface area (Å²) < 4.78 is 5.73. The number of methoxy groups -OCH3 is 1. The van der Waals surface area contributed by atoms with Crippen LogP contribution >= 0.6 is 35.7 Å². The van der Waals surface area contributed by atoms with Crippen LogP contribution in [0.2, 0.25) is 0 Å². The fraction of sp³-hybridized carbons (Fsp3) is 0.933. The summed E-state index contributed by atoms with van der Waals surface area (Å²) in [7, 11) is 1.83. The first-order valence-corrected chi connectivity index (χ1v) is 8.95. The lowest BCUT2D eigenvalue weighted by Gasteiger charge is -2.58. The molecule has 1 heterocycles. The van der Waals surface area contributed by atoms with Crippen molar-refractivity contribution in [3.8, 4) is 0 Å². The summed E-state index contributed by atoms with van der Waals surface area (Å²) in [5.41, 5.74) is 6.43. The van der Waals surface area contributed by atoms with Crippen molar-refractivity contribution in [3.05, 3.63) is 0 Å². The highest BCUT2D eigenvalue weighted by atomic mass is 127. The Morgan fingerprint density at radius 2 is 1.90 bits per heavy atom. The van der Waals surface area contributed by atoms with E-state index in [1.54, 1.807) is 0 Å². The van der Waals surface area contributed by atoms with Crippen LogP contribution in [0.25, 0.3) is 0 Å². The quantitative estimate of drug-likeness (QED) is 0.426. The van der Waals surface area contributed by atoms with Gasteiger partial charge in [0.25, 0.3) is 0 Å². The number of thioether (sulfide) groups is 1. The molecule has 0 bridgehead atoms. The second-order valence-corrected chi connectivity index (χ2v) is 7.21. The lowest BCUT2D eigenvalue weighted by Crippen LogP contribution is -2.64. The molecule has 2 N–H and O–H groups in total. The Kier molecular flexibility index (Phi) is 7.60. The van der Waals surface area contributed by atoms with Gasteiger partial charge in [0.2, 0.25) is 0 Å². The zero-order valence-electron chi connectivity index (χ0n) is 13.7. The number of guanidine groups is 1. The van der Waals surface area contributed by atoms with E-state index >= 15 is 0 Å². The monoisotopic (exact) mass is 427 g/mol. The standard InChI is InChI=1S/C15H29N3OS.HI/c1-5-15(6-2)12(11(3)13(15)19-4)17-14(16)18-7-9-20-10-8-18;/h11-13H,5-10H2,1-4H3,(H2,16,17);1H. The first-order valence-electron chi connectivity index (χ1n) is 7.79. The van der Waals surface area contributed by atoms with Crippen molar-refractivity contribution in [2.45, 2.75) is 45.8 Å².